The van der Waals surface area contributed by atoms with Crippen LogP contribution in [0, 0.1) is 11.6 Å². The molecule has 18 heavy (non-hydrogen) atoms. The molecule has 1 aromatic rings. The van der Waals surface area contributed by atoms with Crippen molar-refractivity contribution in [2.24, 2.45) is 0 Å². The number of hydrogen-bond acceptors (Lipinski definition) is 3. The molecule has 2 N–H and O–H groups in total. The fourth-order valence-electron chi connectivity index (χ4n) is 1.33. The average molecular weight is 259 g/mol. The number of halogens is 2. The molecule has 0 atom stereocenters. The molecular weight excluding hydrogens is 244 g/mol. The molecule has 0 saturated heterocycles. The first-order chi connectivity index (χ1) is 8.63. The molecule has 0 radical (unpaired) electrons. The molecule has 0 unspecified atom stereocenters. The molecule has 1 aromatic carbocycles. The SMILES string of the molecule is O=C(NCCCOCCO)c1cc(F)cc(F)c1. The Morgan fingerprint density at radius 3 is 2.50 bits per heavy atom. The van der Waals surface area contributed by atoms with Crippen LogP contribution >= 0.6 is 0 Å². The van der Waals surface area contributed by atoms with Crippen molar-refractivity contribution in [3.05, 3.63) is 35.4 Å². The lowest BCUT2D eigenvalue weighted by Gasteiger charge is -2.06. The zero-order chi connectivity index (χ0) is 13.4. The summed E-state index contributed by atoms with van der Waals surface area (Å²) in [5.74, 6) is -2.10. The van der Waals surface area contributed by atoms with Crippen molar-refractivity contribution >= 4 is 5.91 Å². The van der Waals surface area contributed by atoms with E-state index in [1.807, 2.05) is 0 Å². The summed E-state index contributed by atoms with van der Waals surface area (Å²) >= 11 is 0. The van der Waals surface area contributed by atoms with Crippen LogP contribution in [0.25, 0.3) is 0 Å². The van der Waals surface area contributed by atoms with Gasteiger partial charge in [-0.25, -0.2) is 8.78 Å². The Kier molecular flexibility index (Phi) is 6.24. The Hall–Kier alpha value is -1.53. The van der Waals surface area contributed by atoms with E-state index in [1.165, 1.54) is 0 Å². The zero-order valence-electron chi connectivity index (χ0n) is 9.79. The molecule has 100 valence electrons. The Labute approximate surface area is 104 Å². The van der Waals surface area contributed by atoms with Crippen molar-refractivity contribution in [1.29, 1.82) is 0 Å². The smallest absolute Gasteiger partial charge is 0.251 e. The van der Waals surface area contributed by atoms with Gasteiger partial charge in [-0.2, -0.15) is 0 Å². The second-order valence-electron chi connectivity index (χ2n) is 3.60. The van der Waals surface area contributed by atoms with E-state index in [2.05, 4.69) is 5.32 Å². The van der Waals surface area contributed by atoms with Gasteiger partial charge in [-0.15, -0.1) is 0 Å². The van der Waals surface area contributed by atoms with Crippen LogP contribution in [0.1, 0.15) is 16.8 Å². The number of amides is 1. The van der Waals surface area contributed by atoms with E-state index in [9.17, 15) is 13.6 Å². The minimum atomic E-state index is -0.786. The summed E-state index contributed by atoms with van der Waals surface area (Å²) in [5, 5.41) is 11.0. The monoisotopic (exact) mass is 259 g/mol. The number of aliphatic hydroxyl groups excluding tert-OH is 1. The molecule has 0 aliphatic heterocycles. The number of hydrogen-bond donors (Lipinski definition) is 2. The number of carbonyl (C=O) groups is 1. The fraction of sp³-hybridized carbons (Fsp3) is 0.417. The highest BCUT2D eigenvalue weighted by molar-refractivity contribution is 5.94. The largest absolute Gasteiger partial charge is 0.394 e. The topological polar surface area (TPSA) is 58.6 Å². The number of aliphatic hydroxyl groups is 1. The van der Waals surface area contributed by atoms with Gasteiger partial charge in [0.1, 0.15) is 11.6 Å². The van der Waals surface area contributed by atoms with Crippen molar-refractivity contribution in [1.82, 2.24) is 5.32 Å². The highest BCUT2D eigenvalue weighted by Crippen LogP contribution is 2.07. The predicted molar refractivity (Wildman–Crippen MR) is 61.2 cm³/mol. The zero-order valence-corrected chi connectivity index (χ0v) is 9.79. The van der Waals surface area contributed by atoms with Crippen LogP contribution in [0.5, 0.6) is 0 Å². The van der Waals surface area contributed by atoms with E-state index in [0.717, 1.165) is 12.1 Å². The van der Waals surface area contributed by atoms with E-state index in [4.69, 9.17) is 9.84 Å². The Balaban J connectivity index is 2.32. The lowest BCUT2D eigenvalue weighted by Crippen LogP contribution is -2.25. The third kappa shape index (κ3) is 5.20. The van der Waals surface area contributed by atoms with E-state index in [-0.39, 0.29) is 18.8 Å². The molecular formula is C12H15F2NO3. The molecule has 0 bridgehead atoms. The Morgan fingerprint density at radius 2 is 1.89 bits per heavy atom. The molecule has 0 aliphatic rings. The van der Waals surface area contributed by atoms with Gasteiger partial charge in [0.15, 0.2) is 0 Å². The first-order valence-corrected chi connectivity index (χ1v) is 5.56. The summed E-state index contributed by atoms with van der Waals surface area (Å²) in [6.45, 7) is 0.943. The molecule has 0 saturated carbocycles. The molecule has 0 fully saturated rings. The van der Waals surface area contributed by atoms with E-state index in [0.29, 0.717) is 25.6 Å². The molecule has 0 aliphatic carbocycles. The summed E-state index contributed by atoms with van der Waals surface area (Å²) < 4.78 is 30.7. The molecule has 0 aromatic heterocycles. The number of carbonyl (C=O) groups excluding carboxylic acids is 1. The van der Waals surface area contributed by atoms with Crippen LogP contribution in [-0.2, 0) is 4.74 Å². The maximum absolute atomic E-state index is 12.9. The van der Waals surface area contributed by atoms with Crippen molar-refractivity contribution in [3.8, 4) is 0 Å². The van der Waals surface area contributed by atoms with Gasteiger partial charge in [-0.05, 0) is 18.6 Å². The average Bonchev–Trinajstić information content (AvgIpc) is 2.32. The first kappa shape index (κ1) is 14.5. The quantitative estimate of drug-likeness (QED) is 0.721. The van der Waals surface area contributed by atoms with Gasteiger partial charge < -0.3 is 15.2 Å². The summed E-state index contributed by atoms with van der Waals surface area (Å²) in [7, 11) is 0. The predicted octanol–water partition coefficient (Wildman–Crippen LogP) is 1.09. The van der Waals surface area contributed by atoms with Gasteiger partial charge >= 0.3 is 0 Å². The Morgan fingerprint density at radius 1 is 1.22 bits per heavy atom. The highest BCUT2D eigenvalue weighted by atomic mass is 19.1. The maximum atomic E-state index is 12.9. The summed E-state index contributed by atoms with van der Waals surface area (Å²) in [5.41, 5.74) is -0.0521. The minimum absolute atomic E-state index is 0.0467. The van der Waals surface area contributed by atoms with Crippen molar-refractivity contribution < 1.29 is 23.4 Å². The van der Waals surface area contributed by atoms with Gasteiger partial charge in [-0.3, -0.25) is 4.79 Å². The standard InChI is InChI=1S/C12H15F2NO3/c13-10-6-9(7-11(14)8-10)12(17)15-2-1-4-18-5-3-16/h6-8,16H,1-5H2,(H,15,17). The van der Waals surface area contributed by atoms with Crippen molar-refractivity contribution in [3.63, 3.8) is 0 Å². The first-order valence-electron chi connectivity index (χ1n) is 5.56. The highest BCUT2D eigenvalue weighted by Gasteiger charge is 2.08. The Bertz CT molecular complexity index is 379. The summed E-state index contributed by atoms with van der Waals surface area (Å²) in [6, 6.07) is 2.65. The van der Waals surface area contributed by atoms with Gasteiger partial charge in [0, 0.05) is 24.8 Å². The van der Waals surface area contributed by atoms with Crippen LogP contribution in [-0.4, -0.2) is 37.4 Å². The molecule has 0 heterocycles. The van der Waals surface area contributed by atoms with Gasteiger partial charge in [0.25, 0.3) is 5.91 Å². The van der Waals surface area contributed by atoms with E-state index < -0.39 is 17.5 Å². The lowest BCUT2D eigenvalue weighted by atomic mass is 10.2. The second-order valence-corrected chi connectivity index (χ2v) is 3.60. The minimum Gasteiger partial charge on any atom is -0.394 e. The van der Waals surface area contributed by atoms with Crippen LogP contribution in [0.4, 0.5) is 8.78 Å². The fourth-order valence-corrected chi connectivity index (χ4v) is 1.33. The molecule has 1 rings (SSSR count). The van der Waals surface area contributed by atoms with Crippen LogP contribution in [0.15, 0.2) is 18.2 Å². The maximum Gasteiger partial charge on any atom is 0.251 e. The van der Waals surface area contributed by atoms with Gasteiger partial charge in [0.2, 0.25) is 0 Å². The van der Waals surface area contributed by atoms with Crippen LogP contribution in [0.3, 0.4) is 0 Å². The summed E-state index contributed by atoms with van der Waals surface area (Å²) in [4.78, 5) is 11.5. The number of ether oxygens (including phenoxy) is 1. The number of benzene rings is 1. The normalized spacial score (nSPS) is 10.4. The van der Waals surface area contributed by atoms with Crippen molar-refractivity contribution in [2.75, 3.05) is 26.4 Å². The van der Waals surface area contributed by atoms with Crippen LogP contribution < -0.4 is 5.32 Å². The second kappa shape index (κ2) is 7.73. The van der Waals surface area contributed by atoms with Crippen LogP contribution in [0.2, 0.25) is 0 Å². The number of rotatable bonds is 7. The van der Waals surface area contributed by atoms with Gasteiger partial charge in [0.05, 0.1) is 13.2 Å². The lowest BCUT2D eigenvalue weighted by molar-refractivity contribution is 0.0867. The third-order valence-corrected chi connectivity index (χ3v) is 2.11. The number of nitrogens with one attached hydrogen (secondary N) is 1. The van der Waals surface area contributed by atoms with Crippen molar-refractivity contribution in [2.45, 2.75) is 6.42 Å². The third-order valence-electron chi connectivity index (χ3n) is 2.11. The molecule has 0 spiro atoms. The van der Waals surface area contributed by atoms with E-state index >= 15 is 0 Å². The molecule has 4 nitrogen and oxygen atoms in total. The molecule has 6 heteroatoms. The molecule has 1 amide bonds. The summed E-state index contributed by atoms with van der Waals surface area (Å²) in [6.07, 6.45) is 0.559. The van der Waals surface area contributed by atoms with Gasteiger partial charge in [-0.1, -0.05) is 0 Å². The van der Waals surface area contributed by atoms with E-state index in [1.54, 1.807) is 0 Å².